The van der Waals surface area contributed by atoms with Gasteiger partial charge in [-0.2, -0.15) is 0 Å². The van der Waals surface area contributed by atoms with Gasteiger partial charge in [-0.3, -0.25) is 9.89 Å². The van der Waals surface area contributed by atoms with Gasteiger partial charge in [0, 0.05) is 32.9 Å². The second-order valence-corrected chi connectivity index (χ2v) is 6.31. The SMILES string of the molecule is Cc1cc2nc(CSc3ccccc3Br)cc(=O)n2[nH]1. The van der Waals surface area contributed by atoms with Gasteiger partial charge in [-0.05, 0) is 35.0 Å². The molecule has 0 saturated carbocycles. The van der Waals surface area contributed by atoms with Crippen molar-refractivity contribution < 1.29 is 0 Å². The molecule has 0 aliphatic heterocycles. The number of fused-ring (bicyclic) bond motifs is 1. The van der Waals surface area contributed by atoms with E-state index in [4.69, 9.17) is 0 Å². The largest absolute Gasteiger partial charge is 0.294 e. The van der Waals surface area contributed by atoms with Gasteiger partial charge in [0.25, 0.3) is 5.56 Å². The number of nitrogens with zero attached hydrogens (tertiary/aromatic N) is 2. The molecule has 102 valence electrons. The molecule has 0 aliphatic rings. The van der Waals surface area contributed by atoms with Crippen molar-refractivity contribution in [2.75, 3.05) is 0 Å². The van der Waals surface area contributed by atoms with Crippen LogP contribution in [0.2, 0.25) is 0 Å². The smallest absolute Gasteiger partial charge is 0.272 e. The molecule has 0 unspecified atom stereocenters. The minimum absolute atomic E-state index is 0.0779. The molecule has 1 aromatic carbocycles. The number of halogens is 1. The van der Waals surface area contributed by atoms with E-state index in [9.17, 15) is 4.79 Å². The van der Waals surface area contributed by atoms with Gasteiger partial charge in [0.05, 0.1) is 5.69 Å². The average molecular weight is 350 g/mol. The second-order valence-electron chi connectivity index (χ2n) is 4.44. The van der Waals surface area contributed by atoms with Crippen molar-refractivity contribution >= 4 is 33.3 Å². The summed E-state index contributed by atoms with van der Waals surface area (Å²) in [6, 6.07) is 11.5. The van der Waals surface area contributed by atoms with Crippen molar-refractivity contribution in [3.8, 4) is 0 Å². The quantitative estimate of drug-likeness (QED) is 0.737. The van der Waals surface area contributed by atoms with E-state index in [0.717, 1.165) is 20.8 Å². The number of aryl methyl sites for hydroxylation is 1. The third-order valence-corrected chi connectivity index (χ3v) is 4.90. The highest BCUT2D eigenvalue weighted by atomic mass is 79.9. The van der Waals surface area contributed by atoms with Crippen molar-refractivity contribution in [1.29, 1.82) is 0 Å². The van der Waals surface area contributed by atoms with Crippen LogP contribution in [0, 0.1) is 6.92 Å². The Morgan fingerprint density at radius 1 is 1.35 bits per heavy atom. The zero-order chi connectivity index (χ0) is 14.1. The maximum Gasteiger partial charge on any atom is 0.272 e. The first-order valence-electron chi connectivity index (χ1n) is 6.09. The molecule has 3 aromatic rings. The Hall–Kier alpha value is -1.53. The van der Waals surface area contributed by atoms with E-state index in [-0.39, 0.29) is 5.56 Å². The number of rotatable bonds is 3. The number of H-pyrrole nitrogens is 1. The molecule has 2 aromatic heterocycles. The van der Waals surface area contributed by atoms with Gasteiger partial charge >= 0.3 is 0 Å². The molecule has 0 atom stereocenters. The maximum absolute atomic E-state index is 12.0. The molecule has 20 heavy (non-hydrogen) atoms. The lowest BCUT2D eigenvalue weighted by molar-refractivity contribution is 0.872. The molecular weight excluding hydrogens is 338 g/mol. The van der Waals surface area contributed by atoms with Gasteiger partial charge < -0.3 is 0 Å². The van der Waals surface area contributed by atoms with Gasteiger partial charge in [0.2, 0.25) is 0 Å². The van der Waals surface area contributed by atoms with Crippen LogP contribution in [0.25, 0.3) is 5.65 Å². The third-order valence-electron chi connectivity index (χ3n) is 2.84. The predicted octanol–water partition coefficient (Wildman–Crippen LogP) is 3.39. The van der Waals surface area contributed by atoms with E-state index in [2.05, 4.69) is 26.0 Å². The van der Waals surface area contributed by atoms with Crippen LogP contribution in [-0.2, 0) is 5.75 Å². The second kappa shape index (κ2) is 5.46. The van der Waals surface area contributed by atoms with E-state index in [1.165, 1.54) is 4.52 Å². The van der Waals surface area contributed by atoms with Crippen molar-refractivity contribution in [3.05, 3.63) is 62.6 Å². The predicted molar refractivity (Wildman–Crippen MR) is 84.3 cm³/mol. The topological polar surface area (TPSA) is 50.2 Å². The highest BCUT2D eigenvalue weighted by molar-refractivity contribution is 9.10. The first kappa shape index (κ1) is 13.5. The summed E-state index contributed by atoms with van der Waals surface area (Å²) in [6.07, 6.45) is 0. The zero-order valence-corrected chi connectivity index (χ0v) is 13.2. The lowest BCUT2D eigenvalue weighted by Gasteiger charge is -2.03. The molecule has 6 heteroatoms. The minimum atomic E-state index is -0.0779. The highest BCUT2D eigenvalue weighted by Crippen LogP contribution is 2.29. The van der Waals surface area contributed by atoms with Crippen LogP contribution in [0.3, 0.4) is 0 Å². The van der Waals surface area contributed by atoms with E-state index in [1.54, 1.807) is 17.8 Å². The average Bonchev–Trinajstić information content (AvgIpc) is 2.79. The molecule has 4 nitrogen and oxygen atoms in total. The summed E-state index contributed by atoms with van der Waals surface area (Å²) in [5.41, 5.74) is 2.29. The number of thioether (sulfide) groups is 1. The van der Waals surface area contributed by atoms with Crippen LogP contribution in [0.15, 0.2) is 50.6 Å². The van der Waals surface area contributed by atoms with Crippen molar-refractivity contribution in [2.24, 2.45) is 0 Å². The van der Waals surface area contributed by atoms with E-state index >= 15 is 0 Å². The summed E-state index contributed by atoms with van der Waals surface area (Å²) >= 11 is 5.17. The first-order valence-corrected chi connectivity index (χ1v) is 7.87. The molecule has 0 amide bonds. The van der Waals surface area contributed by atoms with Crippen LogP contribution in [0.5, 0.6) is 0 Å². The molecule has 3 rings (SSSR count). The maximum atomic E-state index is 12.0. The number of hydrogen-bond acceptors (Lipinski definition) is 3. The van der Waals surface area contributed by atoms with Crippen molar-refractivity contribution in [2.45, 2.75) is 17.6 Å². The Balaban J connectivity index is 1.88. The van der Waals surface area contributed by atoms with E-state index < -0.39 is 0 Å². The summed E-state index contributed by atoms with van der Waals surface area (Å²) in [6.45, 7) is 1.91. The van der Waals surface area contributed by atoms with Gasteiger partial charge in [-0.1, -0.05) is 12.1 Å². The number of nitrogens with one attached hydrogen (secondary N) is 1. The molecule has 1 N–H and O–H groups in total. The fraction of sp³-hybridized carbons (Fsp3) is 0.143. The fourth-order valence-electron chi connectivity index (χ4n) is 1.95. The first-order chi connectivity index (χ1) is 9.63. The Morgan fingerprint density at radius 3 is 2.95 bits per heavy atom. The van der Waals surface area contributed by atoms with Gasteiger partial charge in [0.1, 0.15) is 0 Å². The van der Waals surface area contributed by atoms with Gasteiger partial charge in [0.15, 0.2) is 5.65 Å². The molecule has 2 heterocycles. The number of hydrogen-bond donors (Lipinski definition) is 1. The Morgan fingerprint density at radius 2 is 2.15 bits per heavy atom. The Bertz CT molecular complexity index is 825. The molecule has 0 fully saturated rings. The van der Waals surface area contributed by atoms with Crippen molar-refractivity contribution in [1.82, 2.24) is 14.6 Å². The van der Waals surface area contributed by atoms with E-state index in [0.29, 0.717) is 11.4 Å². The third kappa shape index (κ3) is 2.66. The lowest BCUT2D eigenvalue weighted by Crippen LogP contribution is -2.15. The van der Waals surface area contributed by atoms with Gasteiger partial charge in [-0.15, -0.1) is 11.8 Å². The van der Waals surface area contributed by atoms with Crippen LogP contribution < -0.4 is 5.56 Å². The molecular formula is C14H12BrN3OS. The summed E-state index contributed by atoms with van der Waals surface area (Å²) < 4.78 is 2.52. The van der Waals surface area contributed by atoms with Crippen LogP contribution in [0.4, 0.5) is 0 Å². The number of benzene rings is 1. The standard InChI is InChI=1S/C14H12BrN3OS/c1-9-6-13-16-10(7-14(19)18(13)17-9)8-20-12-5-3-2-4-11(12)15/h2-7,17H,8H2,1H3. The number of aromatic amines is 1. The Kier molecular flexibility index (Phi) is 3.67. The number of aromatic nitrogens is 3. The molecule has 0 saturated heterocycles. The summed E-state index contributed by atoms with van der Waals surface area (Å²) in [5, 5.41) is 2.96. The van der Waals surface area contributed by atoms with Crippen LogP contribution in [0.1, 0.15) is 11.4 Å². The lowest BCUT2D eigenvalue weighted by atomic mass is 10.4. The van der Waals surface area contributed by atoms with Gasteiger partial charge in [-0.25, -0.2) is 9.50 Å². The van der Waals surface area contributed by atoms with Crippen molar-refractivity contribution in [3.63, 3.8) is 0 Å². The van der Waals surface area contributed by atoms with Crippen LogP contribution in [-0.4, -0.2) is 14.6 Å². The molecule has 0 bridgehead atoms. The molecule has 0 radical (unpaired) electrons. The normalized spacial score (nSPS) is 11.1. The Labute approximate surface area is 128 Å². The highest BCUT2D eigenvalue weighted by Gasteiger charge is 2.06. The van der Waals surface area contributed by atoms with E-state index in [1.807, 2.05) is 37.3 Å². The fourth-order valence-corrected chi connectivity index (χ4v) is 3.41. The summed E-state index contributed by atoms with van der Waals surface area (Å²) in [4.78, 5) is 17.6. The molecule has 0 aliphatic carbocycles. The molecule has 0 spiro atoms. The summed E-state index contributed by atoms with van der Waals surface area (Å²) in [7, 11) is 0. The minimum Gasteiger partial charge on any atom is -0.294 e. The zero-order valence-electron chi connectivity index (χ0n) is 10.8. The summed E-state index contributed by atoms with van der Waals surface area (Å²) in [5.74, 6) is 0.665. The monoisotopic (exact) mass is 349 g/mol. The van der Waals surface area contributed by atoms with Crippen LogP contribution >= 0.6 is 27.7 Å².